The molecule has 1 unspecified atom stereocenters. The van der Waals surface area contributed by atoms with Crippen molar-refractivity contribution in [1.82, 2.24) is 0 Å². The third kappa shape index (κ3) is 5.53. The number of aliphatic hydroxyl groups is 1. The number of hydrogen-bond donors (Lipinski definition) is 1. The monoisotopic (exact) mass is 148 g/mol. The molecule has 0 saturated carbocycles. The van der Waals surface area contributed by atoms with Gasteiger partial charge in [-0.25, -0.2) is 0 Å². The fraction of sp³-hybridized carbons (Fsp3) is 0.833. The second kappa shape index (κ2) is 5.20. The molecular formula is C6H12O4. The standard InChI is InChI=1S/C6H12O4/c1-3-9-4-6(8)10-5(2)7/h6,8H,3-4H2,1-2H3. The molecule has 0 aromatic rings. The van der Waals surface area contributed by atoms with E-state index in [0.29, 0.717) is 6.61 Å². The van der Waals surface area contributed by atoms with E-state index in [1.165, 1.54) is 6.92 Å². The lowest BCUT2D eigenvalue weighted by atomic mass is 10.6. The Bertz CT molecular complexity index is 102. The second-order valence-corrected chi connectivity index (χ2v) is 1.72. The maximum absolute atomic E-state index is 10.2. The van der Waals surface area contributed by atoms with Gasteiger partial charge in [-0.1, -0.05) is 0 Å². The first-order valence-electron chi connectivity index (χ1n) is 3.09. The highest BCUT2D eigenvalue weighted by atomic mass is 16.7. The van der Waals surface area contributed by atoms with Gasteiger partial charge < -0.3 is 14.6 Å². The van der Waals surface area contributed by atoms with Crippen LogP contribution in [0.4, 0.5) is 0 Å². The number of rotatable bonds is 4. The molecule has 0 rings (SSSR count). The predicted molar refractivity (Wildman–Crippen MR) is 34.3 cm³/mol. The van der Waals surface area contributed by atoms with E-state index in [1.807, 2.05) is 0 Å². The topological polar surface area (TPSA) is 55.8 Å². The zero-order valence-corrected chi connectivity index (χ0v) is 6.16. The molecule has 4 heteroatoms. The molecule has 0 spiro atoms. The summed E-state index contributed by atoms with van der Waals surface area (Å²) in [4.78, 5) is 10.2. The Kier molecular flexibility index (Phi) is 4.88. The van der Waals surface area contributed by atoms with Gasteiger partial charge in [0.15, 0.2) is 0 Å². The fourth-order valence-corrected chi connectivity index (χ4v) is 0.444. The van der Waals surface area contributed by atoms with E-state index in [4.69, 9.17) is 9.84 Å². The van der Waals surface area contributed by atoms with Crippen LogP contribution in [0.5, 0.6) is 0 Å². The number of ether oxygens (including phenoxy) is 2. The fourth-order valence-electron chi connectivity index (χ4n) is 0.444. The zero-order valence-electron chi connectivity index (χ0n) is 6.16. The van der Waals surface area contributed by atoms with Gasteiger partial charge in [0.25, 0.3) is 0 Å². The number of carbonyl (C=O) groups excluding carboxylic acids is 1. The van der Waals surface area contributed by atoms with Gasteiger partial charge in [0.05, 0.1) is 0 Å². The number of hydrogen-bond acceptors (Lipinski definition) is 4. The van der Waals surface area contributed by atoms with E-state index in [2.05, 4.69) is 4.74 Å². The molecule has 0 fully saturated rings. The van der Waals surface area contributed by atoms with Crippen LogP contribution in [-0.4, -0.2) is 30.6 Å². The highest BCUT2D eigenvalue weighted by Crippen LogP contribution is 1.88. The average molecular weight is 148 g/mol. The quantitative estimate of drug-likeness (QED) is 0.447. The largest absolute Gasteiger partial charge is 0.434 e. The van der Waals surface area contributed by atoms with Crippen LogP contribution < -0.4 is 0 Å². The van der Waals surface area contributed by atoms with Crippen LogP contribution in [-0.2, 0) is 14.3 Å². The third-order valence-electron chi connectivity index (χ3n) is 0.767. The van der Waals surface area contributed by atoms with Crippen molar-refractivity contribution in [2.24, 2.45) is 0 Å². The maximum Gasteiger partial charge on any atom is 0.305 e. The molecule has 1 N–H and O–H groups in total. The van der Waals surface area contributed by atoms with E-state index in [9.17, 15) is 4.79 Å². The van der Waals surface area contributed by atoms with Crippen LogP contribution in [0, 0.1) is 0 Å². The molecule has 0 aliphatic heterocycles. The second-order valence-electron chi connectivity index (χ2n) is 1.72. The Morgan fingerprint density at radius 1 is 1.70 bits per heavy atom. The van der Waals surface area contributed by atoms with E-state index < -0.39 is 12.3 Å². The van der Waals surface area contributed by atoms with Gasteiger partial charge in [-0.15, -0.1) is 0 Å². The molecule has 0 aliphatic rings. The van der Waals surface area contributed by atoms with Crippen molar-refractivity contribution >= 4 is 5.97 Å². The Morgan fingerprint density at radius 3 is 2.70 bits per heavy atom. The van der Waals surface area contributed by atoms with E-state index in [-0.39, 0.29) is 6.61 Å². The highest BCUT2D eigenvalue weighted by Gasteiger charge is 2.05. The summed E-state index contributed by atoms with van der Waals surface area (Å²) in [5.74, 6) is -0.507. The van der Waals surface area contributed by atoms with Crippen molar-refractivity contribution in [1.29, 1.82) is 0 Å². The molecule has 0 aliphatic carbocycles. The lowest BCUT2D eigenvalue weighted by molar-refractivity contribution is -0.174. The van der Waals surface area contributed by atoms with E-state index >= 15 is 0 Å². The molecule has 0 amide bonds. The zero-order chi connectivity index (χ0) is 7.98. The van der Waals surface area contributed by atoms with Gasteiger partial charge >= 0.3 is 5.97 Å². The molecule has 0 aromatic heterocycles. The predicted octanol–water partition coefficient (Wildman–Crippen LogP) is -0.0956. The van der Waals surface area contributed by atoms with Crippen molar-refractivity contribution in [3.8, 4) is 0 Å². The molecule has 60 valence electrons. The average Bonchev–Trinajstić information content (AvgIpc) is 1.82. The summed E-state index contributed by atoms with van der Waals surface area (Å²) in [6.45, 7) is 3.56. The van der Waals surface area contributed by atoms with E-state index in [1.54, 1.807) is 6.92 Å². The van der Waals surface area contributed by atoms with Crippen molar-refractivity contribution in [3.63, 3.8) is 0 Å². The van der Waals surface area contributed by atoms with Crippen LogP contribution in [0.3, 0.4) is 0 Å². The molecule has 4 nitrogen and oxygen atoms in total. The number of esters is 1. The molecule has 10 heavy (non-hydrogen) atoms. The summed E-state index contributed by atoms with van der Waals surface area (Å²) in [6, 6.07) is 0. The molecule has 0 saturated heterocycles. The van der Waals surface area contributed by atoms with Gasteiger partial charge in [-0.05, 0) is 6.92 Å². The first kappa shape index (κ1) is 9.39. The lowest BCUT2D eigenvalue weighted by Crippen LogP contribution is -2.21. The summed E-state index contributed by atoms with van der Waals surface area (Å²) < 4.78 is 9.11. The first-order valence-corrected chi connectivity index (χ1v) is 3.09. The van der Waals surface area contributed by atoms with Crippen LogP contribution in [0.2, 0.25) is 0 Å². The minimum absolute atomic E-state index is 0.0378. The van der Waals surface area contributed by atoms with Gasteiger partial charge in [0.2, 0.25) is 6.29 Å². The van der Waals surface area contributed by atoms with Crippen LogP contribution in [0.1, 0.15) is 13.8 Å². The first-order chi connectivity index (χ1) is 4.66. The third-order valence-corrected chi connectivity index (χ3v) is 0.767. The van der Waals surface area contributed by atoms with Crippen LogP contribution in [0.15, 0.2) is 0 Å². The molecule has 0 heterocycles. The summed E-state index contributed by atoms with van der Waals surface area (Å²) >= 11 is 0. The van der Waals surface area contributed by atoms with Crippen molar-refractivity contribution in [3.05, 3.63) is 0 Å². The normalized spacial score (nSPS) is 12.7. The smallest absolute Gasteiger partial charge is 0.305 e. The van der Waals surface area contributed by atoms with Crippen LogP contribution >= 0.6 is 0 Å². The van der Waals surface area contributed by atoms with E-state index in [0.717, 1.165) is 0 Å². The molecule has 0 bridgehead atoms. The van der Waals surface area contributed by atoms with Gasteiger partial charge in [-0.3, -0.25) is 4.79 Å². The van der Waals surface area contributed by atoms with Crippen molar-refractivity contribution in [2.45, 2.75) is 20.1 Å². The van der Waals surface area contributed by atoms with Gasteiger partial charge in [0, 0.05) is 13.5 Å². The SMILES string of the molecule is CCOCC(O)OC(C)=O. The van der Waals surface area contributed by atoms with Gasteiger partial charge in [-0.2, -0.15) is 0 Å². The minimum Gasteiger partial charge on any atom is -0.434 e. The highest BCUT2D eigenvalue weighted by molar-refractivity contribution is 5.65. The molecular weight excluding hydrogens is 136 g/mol. The Balaban J connectivity index is 3.25. The number of carbonyl (C=O) groups is 1. The van der Waals surface area contributed by atoms with Gasteiger partial charge in [0.1, 0.15) is 6.61 Å². The summed E-state index contributed by atoms with van der Waals surface area (Å²) in [6.07, 6.45) is -1.13. The van der Waals surface area contributed by atoms with Crippen molar-refractivity contribution in [2.75, 3.05) is 13.2 Å². The Hall–Kier alpha value is -0.610. The lowest BCUT2D eigenvalue weighted by Gasteiger charge is -2.09. The minimum atomic E-state index is -1.13. The Labute approximate surface area is 59.7 Å². The molecule has 0 radical (unpaired) electrons. The molecule has 0 aromatic carbocycles. The summed E-state index contributed by atoms with van der Waals surface area (Å²) in [5.41, 5.74) is 0. The Morgan fingerprint density at radius 2 is 2.30 bits per heavy atom. The summed E-state index contributed by atoms with van der Waals surface area (Å²) in [7, 11) is 0. The maximum atomic E-state index is 10.2. The van der Waals surface area contributed by atoms with Crippen LogP contribution in [0.25, 0.3) is 0 Å². The molecule has 1 atom stereocenters. The summed E-state index contributed by atoms with van der Waals surface area (Å²) in [5, 5.41) is 8.78. The van der Waals surface area contributed by atoms with Crippen molar-refractivity contribution < 1.29 is 19.4 Å². The number of aliphatic hydroxyl groups excluding tert-OH is 1.